The number of anilines is 1. The van der Waals surface area contributed by atoms with Crippen LogP contribution in [0.4, 0.5) is 5.69 Å². The third-order valence-corrected chi connectivity index (χ3v) is 2.75. The molecule has 0 unspecified atom stereocenters. The van der Waals surface area contributed by atoms with E-state index in [2.05, 4.69) is 5.43 Å². The van der Waals surface area contributed by atoms with E-state index in [-0.39, 0.29) is 5.97 Å². The molecule has 4 heteroatoms. The minimum absolute atomic E-state index is 0.211. The first-order chi connectivity index (χ1) is 8.79. The van der Waals surface area contributed by atoms with E-state index in [9.17, 15) is 4.79 Å². The highest BCUT2D eigenvalue weighted by Crippen LogP contribution is 2.14. The van der Waals surface area contributed by atoms with Crippen LogP contribution in [-0.4, -0.2) is 30.7 Å². The van der Waals surface area contributed by atoms with E-state index < -0.39 is 0 Å². The number of nitrogens with zero attached hydrogens (tertiary/aromatic N) is 1. The number of nitrogens with one attached hydrogen (secondary N) is 1. The number of benzene rings is 1. The summed E-state index contributed by atoms with van der Waals surface area (Å²) in [6.07, 6.45) is 2.81. The van der Waals surface area contributed by atoms with Crippen molar-refractivity contribution in [2.24, 2.45) is 0 Å². The average Bonchev–Trinajstić information content (AvgIpc) is 2.40. The van der Waals surface area contributed by atoms with Gasteiger partial charge in [-0.15, -0.1) is 0 Å². The molecule has 0 aliphatic carbocycles. The van der Waals surface area contributed by atoms with Crippen molar-refractivity contribution in [3.63, 3.8) is 0 Å². The number of rotatable bonds is 4. The Labute approximate surface area is 107 Å². The number of hydrogen-bond acceptors (Lipinski definition) is 4. The van der Waals surface area contributed by atoms with Gasteiger partial charge in [-0.05, 0) is 25.5 Å². The third kappa shape index (κ3) is 3.34. The molecule has 2 rings (SSSR count). The summed E-state index contributed by atoms with van der Waals surface area (Å²) in [5.41, 5.74) is 5.05. The molecule has 1 aromatic carbocycles. The largest absolute Gasteiger partial charge is 0.463 e. The van der Waals surface area contributed by atoms with Crippen LogP contribution >= 0.6 is 0 Å². The lowest BCUT2D eigenvalue weighted by molar-refractivity contribution is -0.138. The maximum Gasteiger partial charge on any atom is 0.335 e. The molecule has 0 fully saturated rings. The number of ether oxygens (including phenoxy) is 1. The molecule has 0 aromatic heterocycles. The third-order valence-electron chi connectivity index (χ3n) is 2.75. The van der Waals surface area contributed by atoms with Gasteiger partial charge in [-0.25, -0.2) is 9.80 Å². The van der Waals surface area contributed by atoms with Crippen molar-refractivity contribution in [2.45, 2.75) is 13.3 Å². The van der Waals surface area contributed by atoms with Crippen molar-refractivity contribution >= 4 is 11.7 Å². The second kappa shape index (κ2) is 6.21. The Morgan fingerprint density at radius 1 is 1.39 bits per heavy atom. The summed E-state index contributed by atoms with van der Waals surface area (Å²) in [6, 6.07) is 9.94. The summed E-state index contributed by atoms with van der Waals surface area (Å²) in [7, 11) is 0. The van der Waals surface area contributed by atoms with Crippen LogP contribution in [0, 0.1) is 0 Å². The topological polar surface area (TPSA) is 41.6 Å². The van der Waals surface area contributed by atoms with Gasteiger partial charge in [0, 0.05) is 24.4 Å². The summed E-state index contributed by atoms with van der Waals surface area (Å²) in [6.45, 7) is 3.70. The maximum atomic E-state index is 11.7. The zero-order chi connectivity index (χ0) is 12.8. The summed E-state index contributed by atoms with van der Waals surface area (Å²) in [4.78, 5) is 11.7. The Morgan fingerprint density at radius 3 is 2.89 bits per heavy atom. The zero-order valence-corrected chi connectivity index (χ0v) is 10.6. The van der Waals surface area contributed by atoms with Crippen molar-refractivity contribution in [3.05, 3.63) is 42.0 Å². The van der Waals surface area contributed by atoms with Crippen LogP contribution in [0.2, 0.25) is 0 Å². The van der Waals surface area contributed by atoms with E-state index in [0.29, 0.717) is 13.2 Å². The van der Waals surface area contributed by atoms with Crippen LogP contribution in [0.25, 0.3) is 0 Å². The Kier molecular flexibility index (Phi) is 4.36. The van der Waals surface area contributed by atoms with E-state index in [1.807, 2.05) is 48.3 Å². The first kappa shape index (κ1) is 12.6. The van der Waals surface area contributed by atoms with E-state index in [4.69, 9.17) is 4.74 Å². The highest BCUT2D eigenvalue weighted by atomic mass is 16.5. The molecule has 1 heterocycles. The lowest BCUT2D eigenvalue weighted by Crippen LogP contribution is -2.37. The van der Waals surface area contributed by atoms with Crippen LogP contribution < -0.4 is 5.43 Å². The molecule has 0 spiro atoms. The van der Waals surface area contributed by atoms with E-state index in [0.717, 1.165) is 24.2 Å². The smallest absolute Gasteiger partial charge is 0.335 e. The zero-order valence-electron chi connectivity index (χ0n) is 10.6. The predicted molar refractivity (Wildman–Crippen MR) is 71.0 cm³/mol. The van der Waals surface area contributed by atoms with Gasteiger partial charge in [0.15, 0.2) is 0 Å². The van der Waals surface area contributed by atoms with Crippen molar-refractivity contribution in [1.29, 1.82) is 0 Å². The average molecular weight is 246 g/mol. The van der Waals surface area contributed by atoms with Crippen LogP contribution in [0.5, 0.6) is 0 Å². The molecule has 1 aliphatic heterocycles. The van der Waals surface area contributed by atoms with Gasteiger partial charge in [-0.3, -0.25) is 0 Å². The number of esters is 1. The van der Waals surface area contributed by atoms with E-state index in [1.54, 1.807) is 0 Å². The van der Waals surface area contributed by atoms with Crippen LogP contribution in [-0.2, 0) is 9.53 Å². The molecule has 0 saturated carbocycles. The molecule has 1 aromatic rings. The molecule has 4 nitrogen and oxygen atoms in total. The van der Waals surface area contributed by atoms with E-state index >= 15 is 0 Å². The number of hydrogen-bond donors (Lipinski definition) is 1. The lowest BCUT2D eigenvalue weighted by Gasteiger charge is -2.27. The standard InChI is InChI=1S/C14H18N2O2/c1-2-18-14(17)12-7-6-10-16(11-12)15-13-8-4-3-5-9-13/h3-5,7-9,15H,2,6,10-11H2,1H3. The molecule has 0 amide bonds. The number of para-hydroxylation sites is 1. The minimum Gasteiger partial charge on any atom is -0.463 e. The van der Waals surface area contributed by atoms with Gasteiger partial charge in [0.2, 0.25) is 0 Å². The molecule has 1 N–H and O–H groups in total. The Hall–Kier alpha value is -1.81. The second-order valence-corrected chi connectivity index (χ2v) is 4.14. The first-order valence-corrected chi connectivity index (χ1v) is 6.22. The molecule has 0 bridgehead atoms. The molecule has 0 radical (unpaired) electrons. The lowest BCUT2D eigenvalue weighted by atomic mass is 10.1. The summed E-state index contributed by atoms with van der Waals surface area (Å²) in [5, 5.41) is 2.03. The van der Waals surface area contributed by atoms with Crippen LogP contribution in [0.15, 0.2) is 42.0 Å². The van der Waals surface area contributed by atoms with Gasteiger partial charge in [-0.1, -0.05) is 24.3 Å². The van der Waals surface area contributed by atoms with Gasteiger partial charge in [0.1, 0.15) is 0 Å². The second-order valence-electron chi connectivity index (χ2n) is 4.14. The summed E-state index contributed by atoms with van der Waals surface area (Å²) < 4.78 is 5.02. The number of carbonyl (C=O) groups is 1. The maximum absolute atomic E-state index is 11.7. The highest BCUT2D eigenvalue weighted by molar-refractivity contribution is 5.89. The molecule has 96 valence electrons. The van der Waals surface area contributed by atoms with Crippen molar-refractivity contribution < 1.29 is 9.53 Å². The highest BCUT2D eigenvalue weighted by Gasteiger charge is 2.18. The van der Waals surface area contributed by atoms with Gasteiger partial charge >= 0.3 is 5.97 Å². The fourth-order valence-electron chi connectivity index (χ4n) is 1.91. The summed E-state index contributed by atoms with van der Waals surface area (Å²) >= 11 is 0. The molecule has 0 atom stereocenters. The SMILES string of the molecule is CCOC(=O)C1=CCCN(Nc2ccccc2)C1. The minimum atomic E-state index is -0.211. The quantitative estimate of drug-likeness (QED) is 0.827. The number of hydrazine groups is 1. The van der Waals surface area contributed by atoms with Crippen LogP contribution in [0.3, 0.4) is 0 Å². The Bertz CT molecular complexity index is 429. The van der Waals surface area contributed by atoms with Crippen molar-refractivity contribution in [1.82, 2.24) is 5.01 Å². The molecule has 0 saturated heterocycles. The molecular formula is C14H18N2O2. The van der Waals surface area contributed by atoms with Crippen molar-refractivity contribution in [2.75, 3.05) is 25.1 Å². The van der Waals surface area contributed by atoms with E-state index in [1.165, 1.54) is 0 Å². The number of carbonyl (C=O) groups excluding carboxylic acids is 1. The van der Waals surface area contributed by atoms with Crippen molar-refractivity contribution in [3.8, 4) is 0 Å². The van der Waals surface area contributed by atoms with Gasteiger partial charge in [-0.2, -0.15) is 0 Å². The first-order valence-electron chi connectivity index (χ1n) is 6.22. The normalized spacial score (nSPS) is 15.9. The fourth-order valence-corrected chi connectivity index (χ4v) is 1.91. The molecule has 1 aliphatic rings. The molecule has 18 heavy (non-hydrogen) atoms. The monoisotopic (exact) mass is 246 g/mol. The Balaban J connectivity index is 1.93. The van der Waals surface area contributed by atoms with Crippen LogP contribution in [0.1, 0.15) is 13.3 Å². The summed E-state index contributed by atoms with van der Waals surface area (Å²) in [5.74, 6) is -0.211. The fraction of sp³-hybridized carbons (Fsp3) is 0.357. The van der Waals surface area contributed by atoms with Gasteiger partial charge < -0.3 is 10.2 Å². The van der Waals surface area contributed by atoms with Gasteiger partial charge in [0.25, 0.3) is 0 Å². The Morgan fingerprint density at radius 2 is 2.17 bits per heavy atom. The van der Waals surface area contributed by atoms with Gasteiger partial charge in [0.05, 0.1) is 6.61 Å². The predicted octanol–water partition coefficient (Wildman–Crippen LogP) is 2.21. The molecular weight excluding hydrogens is 228 g/mol.